The van der Waals surface area contributed by atoms with Gasteiger partial charge in [-0.25, -0.2) is 13.8 Å². The van der Waals surface area contributed by atoms with E-state index in [1.165, 1.54) is 17.0 Å². The molecule has 0 spiro atoms. The van der Waals surface area contributed by atoms with Crippen LogP contribution in [0, 0.1) is 10.7 Å². The highest BCUT2D eigenvalue weighted by atomic mass is 32.1. The standard InChI is InChI=1S/C18H16F2N4O2S/c1-24-15-14(16(19)20)13(8-22-17(15)23-18(24)27)26-11-4-5-21-10(6-11)7-12(25)9-2-3-9/h4-6,8-9,16H,2-3,7H2,1H3,(H,22,23,27). The SMILES string of the molecule is Cn1c(=S)[nH]c2ncc(Oc3ccnc(CC(=O)C4CC4)c3)c(C(F)F)c21. The molecule has 0 aliphatic heterocycles. The molecule has 1 saturated carbocycles. The molecule has 3 heterocycles. The van der Waals surface area contributed by atoms with Crippen molar-refractivity contribution < 1.29 is 18.3 Å². The van der Waals surface area contributed by atoms with Gasteiger partial charge in [0.2, 0.25) is 0 Å². The monoisotopic (exact) mass is 390 g/mol. The summed E-state index contributed by atoms with van der Waals surface area (Å²) in [6, 6.07) is 3.15. The number of aromatic amines is 1. The molecule has 3 aromatic heterocycles. The van der Waals surface area contributed by atoms with Crippen LogP contribution in [-0.4, -0.2) is 25.3 Å². The fourth-order valence-corrected chi connectivity index (χ4v) is 3.17. The summed E-state index contributed by atoms with van der Waals surface area (Å²) in [5.74, 6) is 0.541. The molecule has 1 aliphatic rings. The number of imidazole rings is 1. The molecular formula is C18H16F2N4O2S. The summed E-state index contributed by atoms with van der Waals surface area (Å²) >= 11 is 5.10. The Morgan fingerprint density at radius 1 is 1.44 bits per heavy atom. The van der Waals surface area contributed by atoms with E-state index in [0.717, 1.165) is 12.8 Å². The predicted octanol–water partition coefficient (Wildman–Crippen LogP) is 4.28. The third-order valence-electron chi connectivity index (χ3n) is 4.54. The smallest absolute Gasteiger partial charge is 0.269 e. The first-order valence-corrected chi connectivity index (χ1v) is 8.86. The second-order valence-corrected chi connectivity index (χ2v) is 6.91. The quantitative estimate of drug-likeness (QED) is 0.636. The van der Waals surface area contributed by atoms with Crippen LogP contribution in [0.25, 0.3) is 11.2 Å². The number of hydrogen-bond acceptors (Lipinski definition) is 5. The third kappa shape index (κ3) is 3.46. The van der Waals surface area contributed by atoms with Crippen LogP contribution in [-0.2, 0) is 18.3 Å². The number of fused-ring (bicyclic) bond motifs is 1. The van der Waals surface area contributed by atoms with Gasteiger partial charge in [0.15, 0.2) is 16.2 Å². The zero-order chi connectivity index (χ0) is 19.1. The Morgan fingerprint density at radius 2 is 2.22 bits per heavy atom. The number of Topliss-reactive ketones (excluding diaryl/α,β-unsaturated/α-hetero) is 1. The van der Waals surface area contributed by atoms with Crippen LogP contribution in [0.3, 0.4) is 0 Å². The number of rotatable bonds is 6. The van der Waals surface area contributed by atoms with Gasteiger partial charge in [0.1, 0.15) is 11.5 Å². The lowest BCUT2D eigenvalue weighted by atomic mass is 10.1. The maximum absolute atomic E-state index is 13.8. The Kier molecular flexibility index (Phi) is 4.47. The van der Waals surface area contributed by atoms with E-state index in [-0.39, 0.29) is 40.6 Å². The minimum Gasteiger partial charge on any atom is -0.455 e. The van der Waals surface area contributed by atoms with Gasteiger partial charge in [-0.15, -0.1) is 0 Å². The van der Waals surface area contributed by atoms with Crippen molar-refractivity contribution >= 4 is 29.2 Å². The Morgan fingerprint density at radius 3 is 2.93 bits per heavy atom. The number of carbonyl (C=O) groups excluding carboxylic acids is 1. The summed E-state index contributed by atoms with van der Waals surface area (Å²) in [6.07, 6.45) is 2.03. The van der Waals surface area contributed by atoms with Gasteiger partial charge in [-0.2, -0.15) is 0 Å². The molecule has 0 unspecified atom stereocenters. The fraction of sp³-hybridized carbons (Fsp3) is 0.333. The molecule has 4 rings (SSSR count). The van der Waals surface area contributed by atoms with E-state index in [1.807, 2.05) is 0 Å². The number of ketones is 1. The van der Waals surface area contributed by atoms with E-state index in [9.17, 15) is 13.6 Å². The number of H-pyrrole nitrogens is 1. The molecule has 0 radical (unpaired) electrons. The summed E-state index contributed by atoms with van der Waals surface area (Å²) in [6.45, 7) is 0. The van der Waals surface area contributed by atoms with Gasteiger partial charge in [0.25, 0.3) is 6.43 Å². The molecule has 0 amide bonds. The third-order valence-corrected chi connectivity index (χ3v) is 4.92. The topological polar surface area (TPSA) is 72.8 Å². The second-order valence-electron chi connectivity index (χ2n) is 6.53. The van der Waals surface area contributed by atoms with Gasteiger partial charge < -0.3 is 14.3 Å². The summed E-state index contributed by atoms with van der Waals surface area (Å²) < 4.78 is 35.0. The Balaban J connectivity index is 1.69. The van der Waals surface area contributed by atoms with E-state index in [1.54, 1.807) is 19.2 Å². The number of ether oxygens (including phenoxy) is 1. The normalized spacial score (nSPS) is 14.1. The highest BCUT2D eigenvalue weighted by molar-refractivity contribution is 7.71. The number of hydrogen-bond donors (Lipinski definition) is 1. The van der Waals surface area contributed by atoms with Gasteiger partial charge in [0.05, 0.1) is 23.0 Å². The zero-order valence-corrected chi connectivity index (χ0v) is 15.2. The Bertz CT molecular complexity index is 1090. The number of aromatic nitrogens is 4. The summed E-state index contributed by atoms with van der Waals surface area (Å²) in [5.41, 5.74) is 0.737. The van der Waals surface area contributed by atoms with Crippen LogP contribution in [0.2, 0.25) is 0 Å². The van der Waals surface area contributed by atoms with Gasteiger partial charge in [0, 0.05) is 31.6 Å². The number of alkyl halides is 2. The molecule has 3 aromatic rings. The Labute approximate surface area is 158 Å². The number of aryl methyl sites for hydroxylation is 1. The van der Waals surface area contributed by atoms with Crippen molar-refractivity contribution in [3.05, 3.63) is 40.6 Å². The van der Waals surface area contributed by atoms with Crippen molar-refractivity contribution in [3.63, 3.8) is 0 Å². The van der Waals surface area contributed by atoms with E-state index in [2.05, 4.69) is 15.0 Å². The molecule has 140 valence electrons. The van der Waals surface area contributed by atoms with Crippen LogP contribution >= 0.6 is 12.2 Å². The number of pyridine rings is 2. The molecule has 0 bridgehead atoms. The predicted molar refractivity (Wildman–Crippen MR) is 96.6 cm³/mol. The maximum atomic E-state index is 13.8. The highest BCUT2D eigenvalue weighted by Crippen LogP contribution is 2.37. The second kappa shape index (κ2) is 6.80. The van der Waals surface area contributed by atoms with E-state index in [4.69, 9.17) is 17.0 Å². The van der Waals surface area contributed by atoms with Crippen molar-refractivity contribution in [2.45, 2.75) is 25.7 Å². The van der Waals surface area contributed by atoms with Crippen molar-refractivity contribution in [2.24, 2.45) is 13.0 Å². The highest BCUT2D eigenvalue weighted by Gasteiger charge is 2.29. The van der Waals surface area contributed by atoms with Gasteiger partial charge in [-0.3, -0.25) is 9.78 Å². The largest absolute Gasteiger partial charge is 0.455 e. The lowest BCUT2D eigenvalue weighted by Gasteiger charge is -2.12. The molecule has 0 aromatic carbocycles. The molecule has 1 aliphatic carbocycles. The average Bonchev–Trinajstić information content (AvgIpc) is 3.43. The van der Waals surface area contributed by atoms with E-state index in [0.29, 0.717) is 16.2 Å². The first kappa shape index (κ1) is 17.7. The van der Waals surface area contributed by atoms with Gasteiger partial charge >= 0.3 is 0 Å². The average molecular weight is 390 g/mol. The van der Waals surface area contributed by atoms with E-state index >= 15 is 0 Å². The minimum absolute atomic E-state index is 0.0623. The number of nitrogens with one attached hydrogen (secondary N) is 1. The number of halogens is 2. The van der Waals surface area contributed by atoms with Gasteiger partial charge in [-0.1, -0.05) is 0 Å². The van der Waals surface area contributed by atoms with Crippen LogP contribution in [0.1, 0.15) is 30.5 Å². The minimum atomic E-state index is -2.78. The molecule has 6 nitrogen and oxygen atoms in total. The van der Waals surface area contributed by atoms with Gasteiger partial charge in [-0.05, 0) is 31.1 Å². The fourth-order valence-electron chi connectivity index (χ4n) is 2.98. The first-order valence-electron chi connectivity index (χ1n) is 8.45. The molecule has 0 atom stereocenters. The Hall–Kier alpha value is -2.68. The molecule has 1 N–H and O–H groups in total. The van der Waals surface area contributed by atoms with Crippen LogP contribution in [0.5, 0.6) is 11.5 Å². The lowest BCUT2D eigenvalue weighted by Crippen LogP contribution is -2.06. The molecule has 9 heteroatoms. The molecule has 27 heavy (non-hydrogen) atoms. The molecule has 1 fully saturated rings. The van der Waals surface area contributed by atoms with Crippen LogP contribution < -0.4 is 4.74 Å². The maximum Gasteiger partial charge on any atom is 0.269 e. The molecule has 0 saturated heterocycles. The van der Waals surface area contributed by atoms with E-state index < -0.39 is 6.43 Å². The summed E-state index contributed by atoms with van der Waals surface area (Å²) in [5, 5.41) is 0. The van der Waals surface area contributed by atoms with Crippen LogP contribution in [0.15, 0.2) is 24.5 Å². The summed E-state index contributed by atoms with van der Waals surface area (Å²) in [4.78, 5) is 23.1. The van der Waals surface area contributed by atoms with Crippen molar-refractivity contribution in [1.82, 2.24) is 19.5 Å². The number of carbonyl (C=O) groups is 1. The van der Waals surface area contributed by atoms with Crippen molar-refractivity contribution in [3.8, 4) is 11.5 Å². The summed E-state index contributed by atoms with van der Waals surface area (Å²) in [7, 11) is 1.59. The lowest BCUT2D eigenvalue weighted by molar-refractivity contribution is -0.119. The number of nitrogens with zero attached hydrogens (tertiary/aromatic N) is 3. The first-order chi connectivity index (χ1) is 12.9. The molecular weight excluding hydrogens is 374 g/mol. The van der Waals surface area contributed by atoms with Crippen molar-refractivity contribution in [2.75, 3.05) is 0 Å². The van der Waals surface area contributed by atoms with Crippen molar-refractivity contribution in [1.29, 1.82) is 0 Å². The van der Waals surface area contributed by atoms with Crippen LogP contribution in [0.4, 0.5) is 8.78 Å². The zero-order valence-electron chi connectivity index (χ0n) is 14.4.